The molecule has 164 valence electrons. The summed E-state index contributed by atoms with van der Waals surface area (Å²) in [5, 5.41) is 2.94. The Labute approximate surface area is 188 Å². The normalized spacial score (nSPS) is 12.0. The summed E-state index contributed by atoms with van der Waals surface area (Å²) in [5.74, 6) is 1.50. The summed E-state index contributed by atoms with van der Waals surface area (Å²) in [5.41, 5.74) is 6.42. The van der Waals surface area contributed by atoms with E-state index in [1.54, 1.807) is 0 Å². The maximum Gasteiger partial charge on any atom is 0.262 e. The van der Waals surface area contributed by atoms with Crippen molar-refractivity contribution in [1.82, 2.24) is 4.98 Å². The molecule has 0 spiro atoms. The minimum absolute atomic E-state index is 0.0610. The molecule has 4 aromatic rings. The highest BCUT2D eigenvalue weighted by Crippen LogP contribution is 2.28. The van der Waals surface area contributed by atoms with Gasteiger partial charge in [-0.15, -0.1) is 0 Å². The molecule has 32 heavy (non-hydrogen) atoms. The van der Waals surface area contributed by atoms with E-state index in [1.165, 1.54) is 5.56 Å². The second-order valence-corrected chi connectivity index (χ2v) is 8.24. The van der Waals surface area contributed by atoms with Gasteiger partial charge < -0.3 is 14.5 Å². The Morgan fingerprint density at radius 2 is 1.84 bits per heavy atom. The summed E-state index contributed by atoms with van der Waals surface area (Å²) >= 11 is 0. The number of carbonyl (C=O) groups excluding carboxylic acids is 1. The van der Waals surface area contributed by atoms with Crippen LogP contribution < -0.4 is 10.1 Å². The SMILES string of the molecule is CCC(C)c1ccc(OCC(=O)Nc2cc(-c3nc4cc(C)ccc4o3)ccc2C)cc1. The first kappa shape index (κ1) is 21.6. The fourth-order valence-electron chi connectivity index (χ4n) is 3.51. The first-order chi connectivity index (χ1) is 15.4. The number of fused-ring (bicyclic) bond motifs is 1. The zero-order valence-electron chi connectivity index (χ0n) is 18.9. The van der Waals surface area contributed by atoms with Gasteiger partial charge in [0, 0.05) is 11.3 Å². The standard InChI is InChI=1S/C27H28N2O3/c1-5-18(3)20-9-11-22(12-10-20)31-16-26(30)28-23-15-21(8-7-19(23)4)27-29-24-14-17(2)6-13-25(24)32-27/h6-15,18H,5,16H2,1-4H3,(H,28,30). The summed E-state index contributed by atoms with van der Waals surface area (Å²) in [6.45, 7) is 8.27. The van der Waals surface area contributed by atoms with Crippen molar-refractivity contribution >= 4 is 22.7 Å². The Balaban J connectivity index is 1.43. The fraction of sp³-hybridized carbons (Fsp3) is 0.259. The van der Waals surface area contributed by atoms with Crippen molar-refractivity contribution in [3.05, 3.63) is 77.4 Å². The Morgan fingerprint density at radius 3 is 2.59 bits per heavy atom. The molecule has 3 aromatic carbocycles. The lowest BCUT2D eigenvalue weighted by Crippen LogP contribution is -2.20. The number of nitrogens with one attached hydrogen (secondary N) is 1. The van der Waals surface area contributed by atoms with Crippen LogP contribution in [0.15, 0.2) is 65.1 Å². The summed E-state index contributed by atoms with van der Waals surface area (Å²) < 4.78 is 11.6. The van der Waals surface area contributed by atoms with Crippen molar-refractivity contribution in [3.8, 4) is 17.2 Å². The van der Waals surface area contributed by atoms with Crippen LogP contribution in [0.25, 0.3) is 22.6 Å². The van der Waals surface area contributed by atoms with Gasteiger partial charge in [-0.05, 0) is 79.3 Å². The van der Waals surface area contributed by atoms with Gasteiger partial charge >= 0.3 is 0 Å². The molecule has 1 unspecified atom stereocenters. The topological polar surface area (TPSA) is 64.4 Å². The highest BCUT2D eigenvalue weighted by Gasteiger charge is 2.12. The van der Waals surface area contributed by atoms with Gasteiger partial charge in [0.25, 0.3) is 5.91 Å². The van der Waals surface area contributed by atoms with Crippen molar-refractivity contribution in [2.75, 3.05) is 11.9 Å². The zero-order chi connectivity index (χ0) is 22.7. The molecule has 1 heterocycles. The molecule has 0 radical (unpaired) electrons. The number of anilines is 1. The van der Waals surface area contributed by atoms with Gasteiger partial charge in [0.05, 0.1) is 0 Å². The predicted octanol–water partition coefficient (Wildman–Crippen LogP) is 6.64. The van der Waals surface area contributed by atoms with Gasteiger partial charge in [-0.2, -0.15) is 0 Å². The second-order valence-electron chi connectivity index (χ2n) is 8.24. The number of hydrogen-bond donors (Lipinski definition) is 1. The molecule has 5 nitrogen and oxygen atoms in total. The number of ether oxygens (including phenoxy) is 1. The number of rotatable bonds is 7. The number of carbonyl (C=O) groups is 1. The largest absolute Gasteiger partial charge is 0.484 e. The Hall–Kier alpha value is -3.60. The van der Waals surface area contributed by atoms with E-state index < -0.39 is 0 Å². The van der Waals surface area contributed by atoms with Crippen LogP contribution in [-0.4, -0.2) is 17.5 Å². The molecule has 5 heteroatoms. The van der Waals surface area contributed by atoms with Crippen molar-refractivity contribution < 1.29 is 13.9 Å². The quantitative estimate of drug-likeness (QED) is 0.358. The fourth-order valence-corrected chi connectivity index (χ4v) is 3.51. The van der Waals surface area contributed by atoms with E-state index in [0.29, 0.717) is 23.2 Å². The Bertz CT molecular complexity index is 1240. The smallest absolute Gasteiger partial charge is 0.262 e. The lowest BCUT2D eigenvalue weighted by atomic mass is 9.99. The third-order valence-corrected chi connectivity index (χ3v) is 5.73. The van der Waals surface area contributed by atoms with Crippen molar-refractivity contribution in [3.63, 3.8) is 0 Å². The molecule has 1 amide bonds. The summed E-state index contributed by atoms with van der Waals surface area (Å²) in [6.07, 6.45) is 1.09. The third kappa shape index (κ3) is 4.83. The molecule has 0 fully saturated rings. The molecule has 1 N–H and O–H groups in total. The van der Waals surface area contributed by atoms with Crippen LogP contribution in [0.1, 0.15) is 42.9 Å². The molecule has 0 saturated heterocycles. The first-order valence-corrected chi connectivity index (χ1v) is 10.9. The highest BCUT2D eigenvalue weighted by atomic mass is 16.5. The summed E-state index contributed by atoms with van der Waals surface area (Å²) in [7, 11) is 0. The average Bonchev–Trinajstić information content (AvgIpc) is 3.22. The van der Waals surface area contributed by atoms with Gasteiger partial charge in [0.1, 0.15) is 11.3 Å². The first-order valence-electron chi connectivity index (χ1n) is 10.9. The molecule has 0 aliphatic heterocycles. The number of nitrogens with zero attached hydrogens (tertiary/aromatic N) is 1. The van der Waals surface area contributed by atoms with Crippen LogP contribution in [-0.2, 0) is 4.79 Å². The van der Waals surface area contributed by atoms with Crippen LogP contribution in [0.2, 0.25) is 0 Å². The molecule has 0 bridgehead atoms. The highest BCUT2D eigenvalue weighted by molar-refractivity contribution is 5.93. The van der Waals surface area contributed by atoms with Crippen LogP contribution in [0.3, 0.4) is 0 Å². The van der Waals surface area contributed by atoms with E-state index in [9.17, 15) is 4.79 Å². The van der Waals surface area contributed by atoms with Gasteiger partial charge in [0.15, 0.2) is 12.2 Å². The van der Waals surface area contributed by atoms with E-state index in [2.05, 4.69) is 36.3 Å². The van der Waals surface area contributed by atoms with Crippen molar-refractivity contribution in [2.45, 2.75) is 40.0 Å². The molecule has 4 rings (SSSR count). The molecular weight excluding hydrogens is 400 g/mol. The third-order valence-electron chi connectivity index (χ3n) is 5.73. The van der Waals surface area contributed by atoms with Crippen LogP contribution >= 0.6 is 0 Å². The van der Waals surface area contributed by atoms with Crippen LogP contribution in [0.5, 0.6) is 5.75 Å². The average molecular weight is 429 g/mol. The van der Waals surface area contributed by atoms with Gasteiger partial charge in [-0.3, -0.25) is 4.79 Å². The van der Waals surface area contributed by atoms with Crippen molar-refractivity contribution in [2.24, 2.45) is 0 Å². The number of hydrogen-bond acceptors (Lipinski definition) is 4. The molecule has 1 atom stereocenters. The van der Waals surface area contributed by atoms with Crippen LogP contribution in [0.4, 0.5) is 5.69 Å². The number of amides is 1. The molecule has 0 saturated carbocycles. The van der Waals surface area contributed by atoms with E-state index in [-0.39, 0.29) is 12.5 Å². The summed E-state index contributed by atoms with van der Waals surface area (Å²) in [6, 6.07) is 19.6. The van der Waals surface area contributed by atoms with E-state index in [1.807, 2.05) is 62.4 Å². The lowest BCUT2D eigenvalue weighted by Gasteiger charge is -2.12. The maximum absolute atomic E-state index is 12.5. The van der Waals surface area contributed by atoms with Crippen molar-refractivity contribution in [1.29, 1.82) is 0 Å². The Kier molecular flexibility index (Phi) is 6.26. The Morgan fingerprint density at radius 1 is 1.06 bits per heavy atom. The molecule has 0 aliphatic carbocycles. The van der Waals surface area contributed by atoms with E-state index in [0.717, 1.165) is 34.2 Å². The number of aryl methyl sites for hydroxylation is 2. The maximum atomic E-state index is 12.5. The lowest BCUT2D eigenvalue weighted by molar-refractivity contribution is -0.118. The number of aromatic nitrogens is 1. The van der Waals surface area contributed by atoms with Gasteiger partial charge in [-0.1, -0.05) is 38.1 Å². The number of benzene rings is 3. The number of oxazole rings is 1. The van der Waals surface area contributed by atoms with E-state index in [4.69, 9.17) is 9.15 Å². The minimum atomic E-state index is -0.218. The van der Waals surface area contributed by atoms with Gasteiger partial charge in [0.2, 0.25) is 5.89 Å². The van der Waals surface area contributed by atoms with Gasteiger partial charge in [-0.25, -0.2) is 4.98 Å². The zero-order valence-corrected chi connectivity index (χ0v) is 18.9. The second kappa shape index (κ2) is 9.27. The monoisotopic (exact) mass is 428 g/mol. The molecule has 1 aromatic heterocycles. The van der Waals surface area contributed by atoms with Crippen LogP contribution in [0, 0.1) is 13.8 Å². The van der Waals surface area contributed by atoms with E-state index >= 15 is 0 Å². The minimum Gasteiger partial charge on any atom is -0.484 e. The molecule has 0 aliphatic rings. The molecular formula is C27H28N2O3. The predicted molar refractivity (Wildman–Crippen MR) is 128 cm³/mol. The summed E-state index contributed by atoms with van der Waals surface area (Å²) in [4.78, 5) is 17.1.